The topological polar surface area (TPSA) is 81.2 Å². The standard InChI is InChI=1S/C25H23N3O2/c26-25(27)15-19-6-1-2-7-20(19)16-29-22-11-13-23(14-12-22)30-17-21-10-9-18-5-3-4-8-24(18)28-21/h1-14H,15-17H2,(H3,26,27). The number of hydrogen-bond donors (Lipinski definition) is 2. The Morgan fingerprint density at radius 2 is 1.37 bits per heavy atom. The molecule has 3 N–H and O–H groups in total. The Hall–Kier alpha value is -3.86. The number of pyridine rings is 1. The SMILES string of the molecule is N=C(N)Cc1ccccc1COc1ccc(OCc2ccc3ccccc3n2)cc1. The van der Waals surface area contributed by atoms with Gasteiger partial charge in [0.25, 0.3) is 0 Å². The predicted octanol–water partition coefficient (Wildman–Crippen LogP) is 4.87. The minimum Gasteiger partial charge on any atom is -0.489 e. The molecule has 0 unspecified atom stereocenters. The highest BCUT2D eigenvalue weighted by Gasteiger charge is 2.05. The summed E-state index contributed by atoms with van der Waals surface area (Å²) in [6.45, 7) is 0.828. The quantitative estimate of drug-likeness (QED) is 0.328. The van der Waals surface area contributed by atoms with E-state index < -0.39 is 0 Å². The molecule has 30 heavy (non-hydrogen) atoms. The molecule has 0 saturated carbocycles. The minimum atomic E-state index is 0.143. The van der Waals surface area contributed by atoms with Gasteiger partial charge in [-0.1, -0.05) is 48.5 Å². The van der Waals surface area contributed by atoms with Crippen molar-refractivity contribution in [3.8, 4) is 11.5 Å². The van der Waals surface area contributed by atoms with E-state index in [1.807, 2.05) is 78.9 Å². The summed E-state index contributed by atoms with van der Waals surface area (Å²) in [6.07, 6.45) is 0.426. The summed E-state index contributed by atoms with van der Waals surface area (Å²) >= 11 is 0. The van der Waals surface area contributed by atoms with Gasteiger partial charge in [-0.25, -0.2) is 4.98 Å². The molecule has 0 aliphatic carbocycles. The zero-order chi connectivity index (χ0) is 20.8. The van der Waals surface area contributed by atoms with Crippen molar-refractivity contribution in [1.29, 1.82) is 5.41 Å². The maximum atomic E-state index is 7.51. The monoisotopic (exact) mass is 397 g/mol. The van der Waals surface area contributed by atoms with E-state index in [0.29, 0.717) is 19.6 Å². The van der Waals surface area contributed by atoms with Gasteiger partial charge >= 0.3 is 0 Å². The van der Waals surface area contributed by atoms with E-state index in [2.05, 4.69) is 11.1 Å². The molecule has 0 aliphatic rings. The fourth-order valence-corrected chi connectivity index (χ4v) is 3.22. The molecular formula is C25H23N3O2. The summed E-state index contributed by atoms with van der Waals surface area (Å²) in [5, 5.41) is 8.63. The number of para-hydroxylation sites is 1. The molecule has 5 heteroatoms. The van der Waals surface area contributed by atoms with Crippen molar-refractivity contribution < 1.29 is 9.47 Å². The van der Waals surface area contributed by atoms with Crippen molar-refractivity contribution >= 4 is 16.7 Å². The van der Waals surface area contributed by atoms with Crippen molar-refractivity contribution in [3.05, 3.63) is 102 Å². The molecule has 5 nitrogen and oxygen atoms in total. The van der Waals surface area contributed by atoms with Gasteiger partial charge in [0.05, 0.1) is 17.0 Å². The molecule has 0 radical (unpaired) electrons. The van der Waals surface area contributed by atoms with Crippen LogP contribution in [0.5, 0.6) is 11.5 Å². The third kappa shape index (κ3) is 4.94. The molecule has 0 aliphatic heterocycles. The molecule has 0 amide bonds. The smallest absolute Gasteiger partial charge is 0.130 e. The number of nitrogens with one attached hydrogen (secondary N) is 1. The fourth-order valence-electron chi connectivity index (χ4n) is 3.22. The summed E-state index contributed by atoms with van der Waals surface area (Å²) in [6, 6.07) is 27.5. The molecule has 3 aromatic carbocycles. The zero-order valence-corrected chi connectivity index (χ0v) is 16.5. The number of ether oxygens (including phenoxy) is 2. The van der Waals surface area contributed by atoms with Crippen LogP contribution >= 0.6 is 0 Å². The van der Waals surface area contributed by atoms with Crippen molar-refractivity contribution in [2.45, 2.75) is 19.6 Å². The average Bonchev–Trinajstić information content (AvgIpc) is 2.77. The Morgan fingerprint density at radius 3 is 2.10 bits per heavy atom. The number of aromatic nitrogens is 1. The first-order valence-electron chi connectivity index (χ1n) is 9.77. The van der Waals surface area contributed by atoms with Gasteiger partial charge < -0.3 is 15.2 Å². The van der Waals surface area contributed by atoms with Gasteiger partial charge in [-0.15, -0.1) is 0 Å². The Bertz CT molecular complexity index is 1160. The van der Waals surface area contributed by atoms with Gasteiger partial charge in [-0.2, -0.15) is 0 Å². The molecule has 0 spiro atoms. The predicted molar refractivity (Wildman–Crippen MR) is 119 cm³/mol. The van der Waals surface area contributed by atoms with Crippen LogP contribution < -0.4 is 15.2 Å². The van der Waals surface area contributed by atoms with E-state index in [0.717, 1.165) is 39.2 Å². The number of benzene rings is 3. The zero-order valence-electron chi connectivity index (χ0n) is 16.5. The first-order chi connectivity index (χ1) is 14.7. The third-order valence-corrected chi connectivity index (χ3v) is 4.76. The number of rotatable bonds is 8. The van der Waals surface area contributed by atoms with Crippen LogP contribution in [0.3, 0.4) is 0 Å². The molecule has 1 heterocycles. The molecule has 4 aromatic rings. The second kappa shape index (κ2) is 9.09. The van der Waals surface area contributed by atoms with Crippen molar-refractivity contribution in [2.75, 3.05) is 0 Å². The first kappa shape index (κ1) is 19.5. The van der Waals surface area contributed by atoms with Crippen molar-refractivity contribution in [1.82, 2.24) is 4.98 Å². The highest BCUT2D eigenvalue weighted by atomic mass is 16.5. The van der Waals surface area contributed by atoms with Gasteiger partial charge in [0.15, 0.2) is 0 Å². The Kier molecular flexibility index (Phi) is 5.90. The van der Waals surface area contributed by atoms with Crippen LogP contribution in [0.1, 0.15) is 16.8 Å². The van der Waals surface area contributed by atoms with Crippen LogP contribution in [0.4, 0.5) is 0 Å². The van der Waals surface area contributed by atoms with E-state index in [1.165, 1.54) is 0 Å². The van der Waals surface area contributed by atoms with E-state index in [1.54, 1.807) is 0 Å². The van der Waals surface area contributed by atoms with Crippen LogP contribution in [0, 0.1) is 5.41 Å². The van der Waals surface area contributed by atoms with Crippen LogP contribution in [-0.4, -0.2) is 10.8 Å². The van der Waals surface area contributed by atoms with E-state index in [9.17, 15) is 0 Å². The van der Waals surface area contributed by atoms with E-state index in [4.69, 9.17) is 20.6 Å². The summed E-state index contributed by atoms with van der Waals surface area (Å²) in [4.78, 5) is 4.63. The molecule has 0 atom stereocenters. The fraction of sp³-hybridized carbons (Fsp3) is 0.120. The number of amidine groups is 1. The Labute approximate surface area is 175 Å². The lowest BCUT2D eigenvalue weighted by Crippen LogP contribution is -2.14. The largest absolute Gasteiger partial charge is 0.489 e. The van der Waals surface area contributed by atoms with Crippen LogP contribution in [0.25, 0.3) is 10.9 Å². The second-order valence-electron chi connectivity index (χ2n) is 7.01. The lowest BCUT2D eigenvalue weighted by molar-refractivity contribution is 0.294. The molecule has 0 bridgehead atoms. The summed E-state index contributed by atoms with van der Waals surface area (Å²) in [5.74, 6) is 1.66. The highest BCUT2D eigenvalue weighted by Crippen LogP contribution is 2.21. The van der Waals surface area contributed by atoms with Gasteiger partial charge in [0, 0.05) is 11.8 Å². The summed E-state index contributed by atoms with van der Waals surface area (Å²) in [5.41, 5.74) is 9.42. The lowest BCUT2D eigenvalue weighted by Gasteiger charge is -2.11. The maximum absolute atomic E-state index is 7.51. The minimum absolute atomic E-state index is 0.143. The second-order valence-corrected chi connectivity index (χ2v) is 7.01. The van der Waals surface area contributed by atoms with Crippen LogP contribution in [0.2, 0.25) is 0 Å². The number of nitrogens with two attached hydrogens (primary N) is 1. The number of fused-ring (bicyclic) bond motifs is 1. The third-order valence-electron chi connectivity index (χ3n) is 4.76. The Morgan fingerprint density at radius 1 is 0.733 bits per heavy atom. The van der Waals surface area contributed by atoms with Crippen LogP contribution in [0.15, 0.2) is 84.9 Å². The summed E-state index contributed by atoms with van der Waals surface area (Å²) in [7, 11) is 0. The first-order valence-corrected chi connectivity index (χ1v) is 9.77. The molecule has 1 aromatic heterocycles. The molecule has 0 saturated heterocycles. The summed E-state index contributed by atoms with van der Waals surface area (Å²) < 4.78 is 11.8. The number of hydrogen-bond acceptors (Lipinski definition) is 4. The van der Waals surface area contributed by atoms with E-state index in [-0.39, 0.29) is 5.84 Å². The van der Waals surface area contributed by atoms with Gasteiger partial charge in [-0.05, 0) is 47.5 Å². The molecule has 4 rings (SSSR count). The van der Waals surface area contributed by atoms with Crippen LogP contribution in [-0.2, 0) is 19.6 Å². The van der Waals surface area contributed by atoms with Gasteiger partial charge in [0.2, 0.25) is 0 Å². The molecular weight excluding hydrogens is 374 g/mol. The van der Waals surface area contributed by atoms with Gasteiger partial charge in [-0.3, -0.25) is 5.41 Å². The maximum Gasteiger partial charge on any atom is 0.130 e. The van der Waals surface area contributed by atoms with E-state index >= 15 is 0 Å². The lowest BCUT2D eigenvalue weighted by atomic mass is 10.0. The highest BCUT2D eigenvalue weighted by molar-refractivity contribution is 5.80. The number of nitrogens with zero attached hydrogens (tertiary/aromatic N) is 1. The van der Waals surface area contributed by atoms with Gasteiger partial charge in [0.1, 0.15) is 24.7 Å². The molecule has 150 valence electrons. The van der Waals surface area contributed by atoms with Crippen molar-refractivity contribution in [2.24, 2.45) is 5.73 Å². The average molecular weight is 397 g/mol. The normalized spacial score (nSPS) is 10.7. The Balaban J connectivity index is 1.34. The molecule has 0 fully saturated rings. The van der Waals surface area contributed by atoms with Crippen molar-refractivity contribution in [3.63, 3.8) is 0 Å².